The summed E-state index contributed by atoms with van der Waals surface area (Å²) in [4.78, 5) is 2.39. The normalized spacial score (nSPS) is 18.1. The van der Waals surface area contributed by atoms with Gasteiger partial charge in [0.1, 0.15) is 0 Å². The minimum Gasteiger partial charge on any atom is -0.382 e. The number of rotatable bonds is 4. The first-order valence-corrected chi connectivity index (χ1v) is 10.3. The van der Waals surface area contributed by atoms with Crippen LogP contribution < -0.4 is 5.32 Å². The number of nitrogens with one attached hydrogen (secondary N) is 1. The predicted molar refractivity (Wildman–Crippen MR) is 119 cm³/mol. The Hall–Kier alpha value is -2.17. The van der Waals surface area contributed by atoms with E-state index in [1.54, 1.807) is 0 Å². The number of piperidine rings is 1. The number of halogens is 1. The Balaban J connectivity index is 1.48. The van der Waals surface area contributed by atoms with Crippen molar-refractivity contribution in [2.45, 2.75) is 39.2 Å². The van der Waals surface area contributed by atoms with Crippen LogP contribution in [0.15, 0.2) is 46.6 Å². The number of hydrogen-bond donors (Lipinski definition) is 1. The summed E-state index contributed by atoms with van der Waals surface area (Å²) in [7, 11) is 2.19. The van der Waals surface area contributed by atoms with Gasteiger partial charge < -0.3 is 10.2 Å². The Kier molecular flexibility index (Phi) is 5.51. The van der Waals surface area contributed by atoms with Gasteiger partial charge in [0.05, 0.1) is 11.4 Å². The quantitative estimate of drug-likeness (QED) is 0.787. The zero-order valence-corrected chi connectivity index (χ0v) is 17.6. The van der Waals surface area contributed by atoms with Crippen LogP contribution in [0.4, 0.5) is 5.69 Å². The molecule has 4 rings (SSSR count). The van der Waals surface area contributed by atoms with Crippen molar-refractivity contribution in [2.75, 3.05) is 25.5 Å². The summed E-state index contributed by atoms with van der Waals surface area (Å²) in [5.74, 6) is 0. The lowest BCUT2D eigenvalue weighted by Crippen LogP contribution is -2.36. The highest BCUT2D eigenvalue weighted by molar-refractivity contribution is 6.32. The molecule has 2 aliphatic rings. The Morgan fingerprint density at radius 2 is 1.68 bits per heavy atom. The molecule has 5 heteroatoms. The van der Waals surface area contributed by atoms with Crippen LogP contribution in [-0.2, 0) is 0 Å². The lowest BCUT2D eigenvalue weighted by Gasteiger charge is -2.30. The molecule has 2 aromatic rings. The highest BCUT2D eigenvalue weighted by Gasteiger charge is 2.19. The monoisotopic (exact) mass is 394 g/mol. The fourth-order valence-electron chi connectivity index (χ4n) is 3.86. The molecular weight excluding hydrogens is 368 g/mol. The largest absolute Gasteiger partial charge is 0.382 e. The molecule has 146 valence electrons. The van der Waals surface area contributed by atoms with E-state index in [0.717, 1.165) is 52.6 Å². The van der Waals surface area contributed by atoms with Crippen molar-refractivity contribution in [3.63, 3.8) is 0 Å². The first-order valence-electron chi connectivity index (χ1n) is 9.95. The van der Waals surface area contributed by atoms with Gasteiger partial charge in [0.2, 0.25) is 0 Å². The Morgan fingerprint density at radius 1 is 0.964 bits per heavy atom. The maximum Gasteiger partial charge on any atom is 0.0764 e. The first kappa shape index (κ1) is 19.2. The Labute approximate surface area is 172 Å². The standard InChI is InChI=1S/C23H27ClN4/c1-15-10-18(12-20(11-15)25-19-6-8-28(3)9-7-19)23-14-22(26-27-23)17-5-4-16(2)21(24)13-17/h4-5,10-13,19,25H,6-9,14H2,1-3H3. The van der Waals surface area contributed by atoms with Crippen molar-refractivity contribution < 1.29 is 0 Å². The van der Waals surface area contributed by atoms with Crippen LogP contribution in [0.2, 0.25) is 5.02 Å². The van der Waals surface area contributed by atoms with Gasteiger partial charge in [0, 0.05) is 28.7 Å². The maximum atomic E-state index is 6.29. The predicted octanol–water partition coefficient (Wildman–Crippen LogP) is 5.06. The van der Waals surface area contributed by atoms with E-state index in [9.17, 15) is 0 Å². The summed E-state index contributed by atoms with van der Waals surface area (Å²) in [5.41, 5.74) is 7.68. The molecule has 0 bridgehead atoms. The number of nitrogens with zero attached hydrogens (tertiary/aromatic N) is 3. The smallest absolute Gasteiger partial charge is 0.0764 e. The molecule has 0 aliphatic carbocycles. The Bertz CT molecular complexity index is 940. The summed E-state index contributed by atoms with van der Waals surface area (Å²) in [6, 6.07) is 13.3. The molecule has 1 fully saturated rings. The highest BCUT2D eigenvalue weighted by Crippen LogP contribution is 2.24. The number of hydrogen-bond acceptors (Lipinski definition) is 4. The van der Waals surface area contributed by atoms with Gasteiger partial charge in [-0.05, 0) is 87.8 Å². The lowest BCUT2D eigenvalue weighted by molar-refractivity contribution is 0.264. The molecule has 0 saturated carbocycles. The molecule has 28 heavy (non-hydrogen) atoms. The van der Waals surface area contributed by atoms with Crippen LogP contribution >= 0.6 is 11.6 Å². The second-order valence-corrected chi connectivity index (χ2v) is 8.45. The molecule has 0 aromatic heterocycles. The summed E-state index contributed by atoms with van der Waals surface area (Å²) < 4.78 is 0. The lowest BCUT2D eigenvalue weighted by atomic mass is 9.98. The van der Waals surface area contributed by atoms with E-state index in [1.165, 1.54) is 24.1 Å². The molecule has 2 aromatic carbocycles. The number of aryl methyl sites for hydroxylation is 2. The van der Waals surface area contributed by atoms with Crippen molar-refractivity contribution >= 4 is 28.7 Å². The number of benzene rings is 2. The third-order valence-electron chi connectivity index (χ3n) is 5.63. The third kappa shape index (κ3) is 4.29. The summed E-state index contributed by atoms with van der Waals surface area (Å²) in [5, 5.41) is 13.4. The second-order valence-electron chi connectivity index (χ2n) is 8.04. The molecule has 1 N–H and O–H groups in total. The van der Waals surface area contributed by atoms with Crippen LogP contribution in [0, 0.1) is 13.8 Å². The fourth-order valence-corrected chi connectivity index (χ4v) is 4.04. The SMILES string of the molecule is Cc1cc(NC2CCN(C)CC2)cc(C2=NN=C(c3ccc(C)c(Cl)c3)C2)c1. The van der Waals surface area contributed by atoms with Gasteiger partial charge in [-0.25, -0.2) is 0 Å². The minimum atomic E-state index is 0.540. The van der Waals surface area contributed by atoms with Gasteiger partial charge in [-0.2, -0.15) is 10.2 Å². The van der Waals surface area contributed by atoms with Crippen LogP contribution in [-0.4, -0.2) is 42.5 Å². The van der Waals surface area contributed by atoms with Gasteiger partial charge in [-0.15, -0.1) is 0 Å². The fraction of sp³-hybridized carbons (Fsp3) is 0.391. The molecule has 4 nitrogen and oxygen atoms in total. The van der Waals surface area contributed by atoms with Gasteiger partial charge in [-0.1, -0.05) is 23.7 Å². The van der Waals surface area contributed by atoms with Gasteiger partial charge in [-0.3, -0.25) is 0 Å². The average Bonchev–Trinajstić information content (AvgIpc) is 3.16. The van der Waals surface area contributed by atoms with Crippen molar-refractivity contribution in [3.05, 3.63) is 63.7 Å². The third-order valence-corrected chi connectivity index (χ3v) is 6.04. The van der Waals surface area contributed by atoms with E-state index in [2.05, 4.69) is 58.7 Å². The van der Waals surface area contributed by atoms with Gasteiger partial charge in [0.25, 0.3) is 0 Å². The van der Waals surface area contributed by atoms with E-state index in [-0.39, 0.29) is 0 Å². The summed E-state index contributed by atoms with van der Waals surface area (Å²) >= 11 is 6.29. The maximum absolute atomic E-state index is 6.29. The topological polar surface area (TPSA) is 40.0 Å². The molecule has 0 atom stereocenters. The number of anilines is 1. The van der Waals surface area contributed by atoms with Gasteiger partial charge >= 0.3 is 0 Å². The van der Waals surface area contributed by atoms with Gasteiger partial charge in [0.15, 0.2) is 0 Å². The zero-order valence-electron chi connectivity index (χ0n) is 16.8. The molecule has 1 saturated heterocycles. The van der Waals surface area contributed by atoms with Crippen molar-refractivity contribution in [3.8, 4) is 0 Å². The van der Waals surface area contributed by atoms with E-state index in [1.807, 2.05) is 19.1 Å². The van der Waals surface area contributed by atoms with E-state index in [0.29, 0.717) is 6.04 Å². The Morgan fingerprint density at radius 3 is 2.39 bits per heavy atom. The first-order chi connectivity index (χ1) is 13.5. The zero-order chi connectivity index (χ0) is 19.7. The van der Waals surface area contributed by atoms with Crippen LogP contribution in [0.1, 0.15) is 41.5 Å². The van der Waals surface area contributed by atoms with E-state index >= 15 is 0 Å². The molecule has 0 amide bonds. The molecule has 0 spiro atoms. The van der Waals surface area contributed by atoms with Crippen molar-refractivity contribution in [1.82, 2.24) is 4.90 Å². The molecule has 0 unspecified atom stereocenters. The van der Waals surface area contributed by atoms with Crippen LogP contribution in [0.5, 0.6) is 0 Å². The average molecular weight is 395 g/mol. The van der Waals surface area contributed by atoms with Crippen molar-refractivity contribution in [2.24, 2.45) is 10.2 Å². The van der Waals surface area contributed by atoms with Crippen LogP contribution in [0.3, 0.4) is 0 Å². The summed E-state index contributed by atoms with van der Waals surface area (Å²) in [6.07, 6.45) is 3.10. The molecule has 2 heterocycles. The molecule has 0 radical (unpaired) electrons. The van der Waals surface area contributed by atoms with E-state index in [4.69, 9.17) is 11.6 Å². The summed E-state index contributed by atoms with van der Waals surface area (Å²) in [6.45, 7) is 6.45. The van der Waals surface area contributed by atoms with Crippen LogP contribution in [0.25, 0.3) is 0 Å². The van der Waals surface area contributed by atoms with E-state index < -0.39 is 0 Å². The van der Waals surface area contributed by atoms with Crippen molar-refractivity contribution in [1.29, 1.82) is 0 Å². The molecular formula is C23H27ClN4. The molecule has 2 aliphatic heterocycles. The second kappa shape index (κ2) is 8.06. The highest BCUT2D eigenvalue weighted by atomic mass is 35.5. The number of likely N-dealkylation sites (tertiary alicyclic amines) is 1. The minimum absolute atomic E-state index is 0.540.